The molecule has 1 amide bonds. The number of hydrogen-bond acceptors (Lipinski definition) is 4. The number of rotatable bonds is 8. The number of nitrogens with zero attached hydrogens (tertiary/aromatic N) is 3. The minimum absolute atomic E-state index is 0.141. The average molecular weight is 450 g/mol. The largest absolute Gasteiger partial charge is 0.353 e. The van der Waals surface area contributed by atoms with Gasteiger partial charge in [0.15, 0.2) is 5.82 Å². The van der Waals surface area contributed by atoms with E-state index in [4.69, 9.17) is 12.2 Å². The molecule has 0 saturated carbocycles. The molecular formula is C25H31N5OS. The number of aromatic amines is 1. The Labute approximate surface area is 194 Å². The van der Waals surface area contributed by atoms with Gasteiger partial charge in [-0.05, 0) is 49.0 Å². The lowest BCUT2D eigenvalue weighted by Crippen LogP contribution is -2.45. The summed E-state index contributed by atoms with van der Waals surface area (Å²) >= 11 is 5.48. The third-order valence-corrected chi connectivity index (χ3v) is 6.40. The molecule has 0 spiro atoms. The van der Waals surface area contributed by atoms with E-state index >= 15 is 0 Å². The summed E-state index contributed by atoms with van der Waals surface area (Å²) in [5.41, 5.74) is 3.56. The lowest BCUT2D eigenvalue weighted by Gasteiger charge is -2.32. The van der Waals surface area contributed by atoms with Crippen LogP contribution in [0.4, 0.5) is 0 Å². The van der Waals surface area contributed by atoms with E-state index in [9.17, 15) is 4.79 Å². The molecule has 7 heteroatoms. The van der Waals surface area contributed by atoms with Gasteiger partial charge in [0.05, 0.1) is 6.67 Å². The van der Waals surface area contributed by atoms with Gasteiger partial charge in [0.1, 0.15) is 0 Å². The van der Waals surface area contributed by atoms with Crippen molar-refractivity contribution in [3.05, 3.63) is 70.5 Å². The van der Waals surface area contributed by atoms with Crippen molar-refractivity contribution in [2.45, 2.75) is 51.7 Å². The average Bonchev–Trinajstić information content (AvgIpc) is 3.20. The van der Waals surface area contributed by atoms with E-state index in [1.54, 1.807) is 0 Å². The van der Waals surface area contributed by atoms with Crippen LogP contribution in [0.3, 0.4) is 0 Å². The Morgan fingerprint density at radius 3 is 2.50 bits per heavy atom. The van der Waals surface area contributed by atoms with E-state index in [-0.39, 0.29) is 11.9 Å². The molecule has 32 heavy (non-hydrogen) atoms. The van der Waals surface area contributed by atoms with Gasteiger partial charge in [0.25, 0.3) is 0 Å². The predicted octanol–water partition coefficient (Wildman–Crippen LogP) is 4.34. The van der Waals surface area contributed by atoms with E-state index < -0.39 is 0 Å². The summed E-state index contributed by atoms with van der Waals surface area (Å²) in [7, 11) is 0. The zero-order chi connectivity index (χ0) is 22.3. The number of piperidine rings is 1. The summed E-state index contributed by atoms with van der Waals surface area (Å²) in [6, 6.07) is 18.8. The molecule has 1 fully saturated rings. The van der Waals surface area contributed by atoms with Crippen LogP contribution in [0.25, 0.3) is 11.4 Å². The number of aromatic nitrogens is 3. The van der Waals surface area contributed by atoms with E-state index in [0.29, 0.717) is 17.9 Å². The highest BCUT2D eigenvalue weighted by molar-refractivity contribution is 7.71. The Hall–Kier alpha value is -2.77. The van der Waals surface area contributed by atoms with E-state index in [1.807, 2.05) is 22.9 Å². The summed E-state index contributed by atoms with van der Waals surface area (Å²) in [4.78, 5) is 19.2. The highest BCUT2D eigenvalue weighted by Crippen LogP contribution is 2.17. The molecule has 2 N–H and O–H groups in total. The molecule has 1 aliphatic heterocycles. The molecule has 2 aromatic carbocycles. The molecule has 1 saturated heterocycles. The molecule has 3 aromatic rings. The lowest BCUT2D eigenvalue weighted by molar-refractivity contribution is -0.122. The minimum atomic E-state index is 0.141. The number of carbonyl (C=O) groups excluding carboxylic acids is 1. The van der Waals surface area contributed by atoms with Crippen LogP contribution in [0.5, 0.6) is 0 Å². The molecule has 0 atom stereocenters. The van der Waals surface area contributed by atoms with Crippen LogP contribution in [0.1, 0.15) is 37.3 Å². The summed E-state index contributed by atoms with van der Waals surface area (Å²) in [5.74, 6) is 0.944. The first kappa shape index (κ1) is 22.4. The smallest absolute Gasteiger partial charge is 0.220 e. The fourth-order valence-corrected chi connectivity index (χ4v) is 4.30. The molecule has 168 valence electrons. The summed E-state index contributed by atoms with van der Waals surface area (Å²) in [5, 5.41) is 6.55. The number of aryl methyl sites for hydroxylation is 2. The fourth-order valence-electron chi connectivity index (χ4n) is 4.10. The van der Waals surface area contributed by atoms with Gasteiger partial charge in [-0.3, -0.25) is 14.8 Å². The molecule has 0 radical (unpaired) electrons. The first-order valence-corrected chi connectivity index (χ1v) is 11.8. The topological polar surface area (TPSA) is 66.0 Å². The molecule has 0 aliphatic carbocycles. The van der Waals surface area contributed by atoms with Crippen molar-refractivity contribution < 1.29 is 4.79 Å². The fraction of sp³-hybridized carbons (Fsp3) is 0.400. The van der Waals surface area contributed by atoms with Gasteiger partial charge < -0.3 is 5.32 Å². The number of carbonyl (C=O) groups is 1. The Balaban J connectivity index is 1.24. The van der Waals surface area contributed by atoms with Crippen LogP contribution < -0.4 is 5.32 Å². The highest BCUT2D eigenvalue weighted by Gasteiger charge is 2.21. The number of H-pyrrole nitrogens is 1. The van der Waals surface area contributed by atoms with Gasteiger partial charge in [-0.15, -0.1) is 0 Å². The molecule has 1 aromatic heterocycles. The molecule has 1 aliphatic rings. The van der Waals surface area contributed by atoms with Crippen molar-refractivity contribution in [3.63, 3.8) is 0 Å². The normalized spacial score (nSPS) is 15.0. The quantitative estimate of drug-likeness (QED) is 0.502. The van der Waals surface area contributed by atoms with E-state index in [0.717, 1.165) is 50.2 Å². The van der Waals surface area contributed by atoms with Gasteiger partial charge in [0, 0.05) is 31.1 Å². The maximum Gasteiger partial charge on any atom is 0.220 e. The van der Waals surface area contributed by atoms with Gasteiger partial charge in [-0.1, -0.05) is 61.5 Å². The first-order valence-electron chi connectivity index (χ1n) is 11.4. The second-order valence-corrected chi connectivity index (χ2v) is 8.79. The maximum atomic E-state index is 12.3. The molecule has 4 rings (SSSR count). The van der Waals surface area contributed by atoms with Crippen molar-refractivity contribution in [1.29, 1.82) is 0 Å². The second kappa shape index (κ2) is 10.7. The third-order valence-electron chi connectivity index (χ3n) is 6.09. The van der Waals surface area contributed by atoms with Gasteiger partial charge in [-0.2, -0.15) is 4.98 Å². The van der Waals surface area contributed by atoms with Crippen LogP contribution >= 0.6 is 12.2 Å². The first-order chi connectivity index (χ1) is 15.6. The van der Waals surface area contributed by atoms with Gasteiger partial charge >= 0.3 is 0 Å². The maximum absolute atomic E-state index is 12.3. The van der Waals surface area contributed by atoms with Crippen molar-refractivity contribution in [3.8, 4) is 11.4 Å². The minimum Gasteiger partial charge on any atom is -0.353 e. The Morgan fingerprint density at radius 2 is 1.81 bits per heavy atom. The van der Waals surface area contributed by atoms with Crippen molar-refractivity contribution in [2.24, 2.45) is 0 Å². The number of benzene rings is 2. The predicted molar refractivity (Wildman–Crippen MR) is 130 cm³/mol. The zero-order valence-corrected chi connectivity index (χ0v) is 19.4. The van der Waals surface area contributed by atoms with Crippen molar-refractivity contribution in [1.82, 2.24) is 25.0 Å². The highest BCUT2D eigenvalue weighted by atomic mass is 32.1. The molecular weight excluding hydrogens is 418 g/mol. The van der Waals surface area contributed by atoms with Gasteiger partial charge in [0.2, 0.25) is 10.7 Å². The number of hydrogen-bond donors (Lipinski definition) is 2. The zero-order valence-electron chi connectivity index (χ0n) is 18.6. The molecule has 0 bridgehead atoms. The number of amides is 1. The van der Waals surface area contributed by atoms with Crippen LogP contribution in [-0.4, -0.2) is 44.7 Å². The Bertz CT molecular complexity index is 1070. The second-order valence-electron chi connectivity index (χ2n) is 8.42. The van der Waals surface area contributed by atoms with Crippen LogP contribution in [0.2, 0.25) is 0 Å². The third kappa shape index (κ3) is 5.93. The Morgan fingerprint density at radius 1 is 1.09 bits per heavy atom. The van der Waals surface area contributed by atoms with E-state index in [1.165, 1.54) is 11.1 Å². The lowest BCUT2D eigenvalue weighted by atomic mass is 10.0. The van der Waals surface area contributed by atoms with Crippen LogP contribution in [-0.2, 0) is 24.3 Å². The van der Waals surface area contributed by atoms with Crippen LogP contribution in [0, 0.1) is 4.77 Å². The summed E-state index contributed by atoms with van der Waals surface area (Å²) < 4.78 is 2.49. The molecule has 0 unspecified atom stereocenters. The van der Waals surface area contributed by atoms with Crippen LogP contribution in [0.15, 0.2) is 54.6 Å². The number of likely N-dealkylation sites (tertiary alicyclic amines) is 1. The molecule has 2 heterocycles. The SMILES string of the molecule is CCc1ccc(-c2nc(=S)n(CN3CCC(NC(=O)CCc4ccccc4)CC3)[nH]2)cc1. The van der Waals surface area contributed by atoms with Gasteiger partial charge in [-0.25, -0.2) is 4.68 Å². The number of nitrogens with one attached hydrogen (secondary N) is 2. The van der Waals surface area contributed by atoms with E-state index in [2.05, 4.69) is 63.6 Å². The monoisotopic (exact) mass is 449 g/mol. The molecule has 6 nitrogen and oxygen atoms in total. The standard InChI is InChI=1S/C25H31N5OS/c1-2-19-8-11-21(12-9-19)24-27-25(32)30(28-24)18-29-16-14-22(15-17-29)26-23(31)13-10-20-6-4-3-5-7-20/h3-9,11-12,22H,2,10,13-18H2,1H3,(H,26,31)(H,27,28,32). The summed E-state index contributed by atoms with van der Waals surface area (Å²) in [6.07, 6.45) is 4.24. The van der Waals surface area contributed by atoms with Crippen molar-refractivity contribution in [2.75, 3.05) is 13.1 Å². The Kier molecular flexibility index (Phi) is 7.50. The van der Waals surface area contributed by atoms with Crippen molar-refractivity contribution >= 4 is 18.1 Å². The summed E-state index contributed by atoms with van der Waals surface area (Å²) in [6.45, 7) is 4.68.